The number of ether oxygens (including phenoxy) is 1. The average molecular weight is 624 g/mol. The van der Waals surface area contributed by atoms with Crippen LogP contribution in [0, 0.1) is 17.3 Å². The Balaban J connectivity index is 1.50. The third kappa shape index (κ3) is 8.05. The number of rotatable bonds is 11. The summed E-state index contributed by atoms with van der Waals surface area (Å²) in [7, 11) is 0. The molecule has 0 aliphatic carbocycles. The highest BCUT2D eigenvalue weighted by atomic mass is 16.5. The van der Waals surface area contributed by atoms with Gasteiger partial charge in [-0.3, -0.25) is 29.2 Å². The second kappa shape index (κ2) is 14.5. The van der Waals surface area contributed by atoms with Crippen molar-refractivity contribution < 1.29 is 34.1 Å². The number of hydrogen-bond acceptors (Lipinski definition) is 8. The summed E-state index contributed by atoms with van der Waals surface area (Å²) < 4.78 is 5.65. The topological polar surface area (TPSA) is 170 Å². The summed E-state index contributed by atoms with van der Waals surface area (Å²) in [6.45, 7) is 9.93. The smallest absolute Gasteiger partial charge is 0.322 e. The van der Waals surface area contributed by atoms with Crippen LogP contribution in [0.1, 0.15) is 71.2 Å². The summed E-state index contributed by atoms with van der Waals surface area (Å²) in [4.78, 5) is 56.4. The van der Waals surface area contributed by atoms with E-state index in [0.717, 1.165) is 16.5 Å². The van der Waals surface area contributed by atoms with Crippen molar-refractivity contribution in [1.82, 2.24) is 26.1 Å². The standard InChI is InChI=1S/C33H45N5O7/c1-19(2)28(29(40)34-20(3)30(41)38-15-6-7-26(37-38)31(42)43)36-32(44)33(5,24-13-16-45-18-24)14-12-22-8-9-23-10-11-25(21(4)39)35-27(23)17-22/h8-12,14,17,19-21,24,26,28,37,39H,6-7,13,15-16,18H2,1-5H3,(H,34,40)(H,36,44)(H,42,43)/b14-12+/t20-,21+,24?,26-,28-,33?/m0/s1. The molecule has 1 aromatic carbocycles. The fourth-order valence-electron chi connectivity index (χ4n) is 5.71. The second-order valence-corrected chi connectivity index (χ2v) is 12.6. The molecule has 2 aliphatic heterocycles. The zero-order valence-electron chi connectivity index (χ0n) is 26.6. The highest BCUT2D eigenvalue weighted by Gasteiger charge is 2.43. The molecular weight excluding hydrogens is 578 g/mol. The minimum atomic E-state index is -1.04. The van der Waals surface area contributed by atoms with Gasteiger partial charge in [-0.15, -0.1) is 0 Å². The number of fused-ring (bicyclic) bond motifs is 1. The first-order valence-electron chi connectivity index (χ1n) is 15.6. The lowest BCUT2D eigenvalue weighted by molar-refractivity contribution is -0.148. The number of aliphatic carboxylic acids is 1. The fourth-order valence-corrected chi connectivity index (χ4v) is 5.71. The minimum Gasteiger partial charge on any atom is -0.480 e. The number of pyridine rings is 1. The average Bonchev–Trinajstić information content (AvgIpc) is 3.57. The normalized spacial score (nSPS) is 22.2. The van der Waals surface area contributed by atoms with E-state index in [4.69, 9.17) is 4.74 Å². The van der Waals surface area contributed by atoms with Crippen LogP contribution in [-0.2, 0) is 23.9 Å². The maximum Gasteiger partial charge on any atom is 0.322 e. The lowest BCUT2D eigenvalue weighted by Gasteiger charge is -2.35. The van der Waals surface area contributed by atoms with Crippen LogP contribution in [0.25, 0.3) is 17.0 Å². The number of nitrogens with zero attached hydrogens (tertiary/aromatic N) is 2. The van der Waals surface area contributed by atoms with Crippen LogP contribution in [-0.4, -0.2) is 81.8 Å². The summed E-state index contributed by atoms with van der Waals surface area (Å²) in [5.41, 5.74) is 3.83. The van der Waals surface area contributed by atoms with Crippen molar-refractivity contribution in [2.75, 3.05) is 19.8 Å². The zero-order valence-corrected chi connectivity index (χ0v) is 26.6. The van der Waals surface area contributed by atoms with E-state index < -0.39 is 47.4 Å². The molecule has 244 valence electrons. The molecule has 3 amide bonds. The Morgan fingerprint density at radius 2 is 1.84 bits per heavy atom. The molecule has 2 saturated heterocycles. The van der Waals surface area contributed by atoms with Crippen LogP contribution >= 0.6 is 0 Å². The van der Waals surface area contributed by atoms with Gasteiger partial charge < -0.3 is 25.6 Å². The van der Waals surface area contributed by atoms with E-state index in [1.807, 2.05) is 57.2 Å². The number of nitrogens with one attached hydrogen (secondary N) is 3. The van der Waals surface area contributed by atoms with Gasteiger partial charge >= 0.3 is 5.97 Å². The van der Waals surface area contributed by atoms with Gasteiger partial charge in [0.2, 0.25) is 11.8 Å². The molecule has 1 aromatic heterocycles. The quantitative estimate of drug-likeness (QED) is 0.252. The molecule has 0 radical (unpaired) electrons. The fraction of sp³-hybridized carbons (Fsp3) is 0.545. The number of carboxylic acid groups (broad SMARTS) is 1. The van der Waals surface area contributed by atoms with Crippen molar-refractivity contribution >= 4 is 40.7 Å². The molecule has 0 saturated carbocycles. The maximum atomic E-state index is 14.0. The number of aliphatic hydroxyl groups excluding tert-OH is 1. The molecule has 3 heterocycles. The SMILES string of the molecule is CC(C)[C@H](NC(=O)C(C)(/C=C/c1ccc2ccc([C@@H](C)O)nc2c1)C1CCOC1)C(=O)N[C@@H](C)C(=O)N1CCC[C@@H](C(=O)O)N1. The van der Waals surface area contributed by atoms with Crippen molar-refractivity contribution in [2.45, 2.75) is 78.1 Å². The van der Waals surface area contributed by atoms with E-state index in [0.29, 0.717) is 44.7 Å². The van der Waals surface area contributed by atoms with Gasteiger partial charge in [0.1, 0.15) is 18.1 Å². The summed E-state index contributed by atoms with van der Waals surface area (Å²) in [6, 6.07) is 6.74. The summed E-state index contributed by atoms with van der Waals surface area (Å²) in [6.07, 6.45) is 4.63. The Kier molecular flexibility index (Phi) is 10.9. The molecule has 12 heteroatoms. The van der Waals surface area contributed by atoms with Crippen molar-refractivity contribution in [3.8, 4) is 0 Å². The number of carbonyl (C=O) groups excluding carboxylic acids is 3. The predicted octanol–water partition coefficient (Wildman–Crippen LogP) is 2.57. The van der Waals surface area contributed by atoms with E-state index in [2.05, 4.69) is 21.0 Å². The van der Waals surface area contributed by atoms with Gasteiger partial charge in [-0.1, -0.05) is 44.2 Å². The molecule has 5 N–H and O–H groups in total. The predicted molar refractivity (Wildman–Crippen MR) is 168 cm³/mol. The first kappa shape index (κ1) is 34.0. The first-order valence-corrected chi connectivity index (χ1v) is 15.6. The van der Waals surface area contributed by atoms with Gasteiger partial charge in [-0.2, -0.15) is 0 Å². The number of amides is 3. The molecule has 6 atom stereocenters. The first-order chi connectivity index (χ1) is 21.3. The molecule has 45 heavy (non-hydrogen) atoms. The molecule has 4 rings (SSSR count). The molecule has 12 nitrogen and oxygen atoms in total. The number of aromatic nitrogens is 1. The van der Waals surface area contributed by atoms with Crippen molar-refractivity contribution in [1.29, 1.82) is 0 Å². The minimum absolute atomic E-state index is 0.127. The third-order valence-corrected chi connectivity index (χ3v) is 8.77. The number of carboxylic acids is 1. The molecule has 2 unspecified atom stereocenters. The summed E-state index contributed by atoms with van der Waals surface area (Å²) in [5, 5.41) is 27.1. The van der Waals surface area contributed by atoms with Crippen LogP contribution in [0.3, 0.4) is 0 Å². The number of hydrogen-bond donors (Lipinski definition) is 5. The van der Waals surface area contributed by atoms with E-state index >= 15 is 0 Å². The van der Waals surface area contributed by atoms with Crippen LogP contribution in [0.5, 0.6) is 0 Å². The zero-order chi connectivity index (χ0) is 32.9. The van der Waals surface area contributed by atoms with Gasteiger partial charge in [-0.05, 0) is 63.6 Å². The molecule has 2 fully saturated rings. The Hall–Kier alpha value is -3.87. The number of aliphatic hydroxyl groups is 1. The molecule has 2 aromatic rings. The lowest BCUT2D eigenvalue weighted by Crippen LogP contribution is -2.61. The monoisotopic (exact) mass is 623 g/mol. The highest BCUT2D eigenvalue weighted by molar-refractivity contribution is 5.94. The Bertz CT molecular complexity index is 1440. The highest BCUT2D eigenvalue weighted by Crippen LogP contribution is 2.36. The molecule has 0 bridgehead atoms. The third-order valence-electron chi connectivity index (χ3n) is 8.77. The van der Waals surface area contributed by atoms with Gasteiger partial charge in [0, 0.05) is 24.5 Å². The summed E-state index contributed by atoms with van der Waals surface area (Å²) >= 11 is 0. The van der Waals surface area contributed by atoms with E-state index in [1.54, 1.807) is 13.0 Å². The molecule has 0 spiro atoms. The van der Waals surface area contributed by atoms with E-state index in [9.17, 15) is 29.4 Å². The summed E-state index contributed by atoms with van der Waals surface area (Å²) in [5.74, 6) is -2.75. The van der Waals surface area contributed by atoms with Gasteiger partial charge in [0.25, 0.3) is 5.91 Å². The second-order valence-electron chi connectivity index (χ2n) is 12.6. The Morgan fingerprint density at radius 1 is 1.11 bits per heavy atom. The van der Waals surface area contributed by atoms with Gasteiger partial charge in [0.05, 0.1) is 29.3 Å². The number of benzene rings is 1. The molecular formula is C33H45N5O7. The van der Waals surface area contributed by atoms with Crippen molar-refractivity contribution in [3.63, 3.8) is 0 Å². The van der Waals surface area contributed by atoms with Crippen LogP contribution in [0.2, 0.25) is 0 Å². The Morgan fingerprint density at radius 3 is 2.49 bits per heavy atom. The van der Waals surface area contributed by atoms with Crippen LogP contribution in [0.4, 0.5) is 0 Å². The van der Waals surface area contributed by atoms with E-state index in [1.165, 1.54) is 11.9 Å². The van der Waals surface area contributed by atoms with Gasteiger partial charge in [0.15, 0.2) is 0 Å². The van der Waals surface area contributed by atoms with Crippen molar-refractivity contribution in [3.05, 3.63) is 47.7 Å². The van der Waals surface area contributed by atoms with Crippen molar-refractivity contribution in [2.24, 2.45) is 17.3 Å². The number of carbonyl (C=O) groups is 4. The van der Waals surface area contributed by atoms with Crippen LogP contribution in [0.15, 0.2) is 36.4 Å². The molecule has 2 aliphatic rings. The van der Waals surface area contributed by atoms with E-state index in [-0.39, 0.29) is 17.7 Å². The van der Waals surface area contributed by atoms with Gasteiger partial charge in [-0.25, -0.2) is 5.43 Å². The largest absolute Gasteiger partial charge is 0.480 e. The van der Waals surface area contributed by atoms with Crippen LogP contribution < -0.4 is 16.1 Å². The maximum absolute atomic E-state index is 14.0. The lowest BCUT2D eigenvalue weighted by atomic mass is 9.74. The Labute approximate surface area is 263 Å². The number of hydrazine groups is 1.